The van der Waals surface area contributed by atoms with Gasteiger partial charge in [0.25, 0.3) is 0 Å². The molecule has 1 fully saturated rings. The van der Waals surface area contributed by atoms with E-state index in [1.807, 2.05) is 0 Å². The van der Waals surface area contributed by atoms with Crippen molar-refractivity contribution < 1.29 is 4.79 Å². The van der Waals surface area contributed by atoms with Crippen LogP contribution in [0.4, 0.5) is 0 Å². The number of hydrogen-bond donors (Lipinski definition) is 1. The van der Waals surface area contributed by atoms with Crippen molar-refractivity contribution in [2.24, 2.45) is 5.92 Å². The van der Waals surface area contributed by atoms with E-state index in [0.717, 1.165) is 44.8 Å². The Morgan fingerprint density at radius 3 is 2.85 bits per heavy atom. The van der Waals surface area contributed by atoms with Crippen LogP contribution in [-0.4, -0.2) is 29.9 Å². The minimum Gasteiger partial charge on any atom is -0.341 e. The summed E-state index contributed by atoms with van der Waals surface area (Å²) in [7, 11) is 0. The third-order valence-electron chi connectivity index (χ3n) is 4.71. The van der Waals surface area contributed by atoms with Crippen molar-refractivity contribution in [2.75, 3.05) is 13.1 Å². The second kappa shape index (κ2) is 5.96. The highest BCUT2D eigenvalue weighted by molar-refractivity contribution is 5.82. The van der Waals surface area contributed by atoms with E-state index < -0.39 is 0 Å². The number of benzene rings is 1. The highest BCUT2D eigenvalue weighted by atomic mass is 16.2. The van der Waals surface area contributed by atoms with Crippen LogP contribution in [0, 0.1) is 5.92 Å². The summed E-state index contributed by atoms with van der Waals surface area (Å²) in [5, 5.41) is 3.41. The number of hydrogen-bond acceptors (Lipinski definition) is 2. The Morgan fingerprint density at radius 1 is 1.20 bits per heavy atom. The minimum atomic E-state index is -0.0293. The van der Waals surface area contributed by atoms with Crippen LogP contribution in [0.15, 0.2) is 24.3 Å². The lowest BCUT2D eigenvalue weighted by molar-refractivity contribution is -0.133. The predicted octanol–water partition coefficient (Wildman–Crippen LogP) is 2.35. The van der Waals surface area contributed by atoms with Gasteiger partial charge in [0.05, 0.1) is 6.04 Å². The van der Waals surface area contributed by atoms with Gasteiger partial charge < -0.3 is 10.2 Å². The van der Waals surface area contributed by atoms with Gasteiger partial charge in [0.2, 0.25) is 5.91 Å². The van der Waals surface area contributed by atoms with Gasteiger partial charge in [-0.2, -0.15) is 0 Å². The van der Waals surface area contributed by atoms with Crippen molar-refractivity contribution in [1.82, 2.24) is 10.2 Å². The number of carbonyl (C=O) groups is 1. The standard InChI is InChI=1S/C17H24N2O/c1-13-5-4-9-19(10-8-13)17(20)16-11-14-6-2-3-7-15(14)12-18-16/h2-3,6-7,13,16,18H,4-5,8-12H2,1H3/t13?,16-/m1/s1. The number of nitrogens with one attached hydrogen (secondary N) is 1. The smallest absolute Gasteiger partial charge is 0.240 e. The van der Waals surface area contributed by atoms with E-state index in [-0.39, 0.29) is 6.04 Å². The molecule has 0 saturated carbocycles. The first-order valence-electron chi connectivity index (χ1n) is 7.83. The molecular weight excluding hydrogens is 248 g/mol. The van der Waals surface area contributed by atoms with Crippen LogP contribution in [0.3, 0.4) is 0 Å². The molecule has 1 aromatic carbocycles. The zero-order valence-corrected chi connectivity index (χ0v) is 12.3. The Balaban J connectivity index is 1.66. The second-order valence-corrected chi connectivity index (χ2v) is 6.27. The molecular formula is C17H24N2O. The summed E-state index contributed by atoms with van der Waals surface area (Å²) >= 11 is 0. The first kappa shape index (κ1) is 13.6. The number of likely N-dealkylation sites (tertiary alicyclic amines) is 1. The van der Waals surface area contributed by atoms with E-state index in [1.54, 1.807) is 0 Å². The molecule has 0 spiro atoms. The molecule has 1 N–H and O–H groups in total. The average molecular weight is 272 g/mol. The normalized spacial score (nSPS) is 26.8. The molecule has 2 aliphatic heterocycles. The molecule has 2 heterocycles. The lowest BCUT2D eigenvalue weighted by Crippen LogP contribution is -2.49. The highest BCUT2D eigenvalue weighted by Crippen LogP contribution is 2.20. The van der Waals surface area contributed by atoms with E-state index in [1.165, 1.54) is 17.5 Å². The maximum Gasteiger partial charge on any atom is 0.240 e. The van der Waals surface area contributed by atoms with Gasteiger partial charge in [-0.1, -0.05) is 31.2 Å². The summed E-state index contributed by atoms with van der Waals surface area (Å²) in [6, 6.07) is 8.41. The monoisotopic (exact) mass is 272 g/mol. The lowest BCUT2D eigenvalue weighted by atomic mass is 9.95. The predicted molar refractivity (Wildman–Crippen MR) is 80.4 cm³/mol. The van der Waals surface area contributed by atoms with Crippen LogP contribution in [0.25, 0.3) is 0 Å². The summed E-state index contributed by atoms with van der Waals surface area (Å²) in [6.07, 6.45) is 4.39. The largest absolute Gasteiger partial charge is 0.341 e. The topological polar surface area (TPSA) is 32.3 Å². The fourth-order valence-electron chi connectivity index (χ4n) is 3.33. The molecule has 3 nitrogen and oxygen atoms in total. The molecule has 3 heteroatoms. The highest BCUT2D eigenvalue weighted by Gasteiger charge is 2.28. The fraction of sp³-hybridized carbons (Fsp3) is 0.588. The van der Waals surface area contributed by atoms with E-state index in [4.69, 9.17) is 0 Å². The Morgan fingerprint density at radius 2 is 2.00 bits per heavy atom. The zero-order chi connectivity index (χ0) is 13.9. The molecule has 0 radical (unpaired) electrons. The van der Waals surface area contributed by atoms with E-state index in [2.05, 4.69) is 41.4 Å². The Labute approximate surface area is 121 Å². The number of rotatable bonds is 1. The minimum absolute atomic E-state index is 0.0293. The molecule has 108 valence electrons. The van der Waals surface area contributed by atoms with E-state index >= 15 is 0 Å². The van der Waals surface area contributed by atoms with Gasteiger partial charge in [0.1, 0.15) is 0 Å². The quantitative estimate of drug-likeness (QED) is 0.851. The molecule has 0 aliphatic carbocycles. The van der Waals surface area contributed by atoms with Crippen LogP contribution >= 0.6 is 0 Å². The number of fused-ring (bicyclic) bond motifs is 1. The molecule has 0 bridgehead atoms. The van der Waals surface area contributed by atoms with Crippen molar-refractivity contribution in [3.8, 4) is 0 Å². The first-order chi connectivity index (χ1) is 9.74. The summed E-state index contributed by atoms with van der Waals surface area (Å²) < 4.78 is 0. The molecule has 20 heavy (non-hydrogen) atoms. The third-order valence-corrected chi connectivity index (χ3v) is 4.71. The second-order valence-electron chi connectivity index (χ2n) is 6.27. The van der Waals surface area contributed by atoms with Crippen LogP contribution < -0.4 is 5.32 Å². The van der Waals surface area contributed by atoms with Gasteiger partial charge >= 0.3 is 0 Å². The molecule has 3 rings (SSSR count). The molecule has 2 atom stereocenters. The van der Waals surface area contributed by atoms with Gasteiger partial charge in [-0.15, -0.1) is 0 Å². The Hall–Kier alpha value is -1.35. The third kappa shape index (κ3) is 2.88. The molecule has 2 aliphatic rings. The van der Waals surface area contributed by atoms with Gasteiger partial charge in [-0.05, 0) is 42.7 Å². The molecule has 1 unspecified atom stereocenters. The van der Waals surface area contributed by atoms with Crippen molar-refractivity contribution in [3.63, 3.8) is 0 Å². The first-order valence-corrected chi connectivity index (χ1v) is 7.83. The molecule has 1 amide bonds. The van der Waals surface area contributed by atoms with Crippen LogP contribution in [0.2, 0.25) is 0 Å². The fourth-order valence-corrected chi connectivity index (χ4v) is 3.33. The Bertz CT molecular complexity index is 486. The van der Waals surface area contributed by atoms with E-state index in [0.29, 0.717) is 5.91 Å². The van der Waals surface area contributed by atoms with Crippen molar-refractivity contribution in [1.29, 1.82) is 0 Å². The van der Waals surface area contributed by atoms with E-state index in [9.17, 15) is 4.79 Å². The molecule has 1 aromatic rings. The average Bonchev–Trinajstić information content (AvgIpc) is 2.71. The van der Waals surface area contributed by atoms with Gasteiger partial charge in [-0.3, -0.25) is 4.79 Å². The number of nitrogens with zero attached hydrogens (tertiary/aromatic N) is 1. The zero-order valence-electron chi connectivity index (χ0n) is 12.3. The van der Waals surface area contributed by atoms with Gasteiger partial charge in [-0.25, -0.2) is 0 Å². The summed E-state index contributed by atoms with van der Waals surface area (Å²) in [4.78, 5) is 14.8. The SMILES string of the molecule is CC1CCCN(C(=O)[C@H]2Cc3ccccc3CN2)CC1. The van der Waals surface area contributed by atoms with Gasteiger partial charge in [0, 0.05) is 19.6 Å². The maximum atomic E-state index is 12.7. The van der Waals surface area contributed by atoms with Crippen molar-refractivity contribution in [3.05, 3.63) is 35.4 Å². The lowest BCUT2D eigenvalue weighted by Gasteiger charge is -2.30. The maximum absolute atomic E-state index is 12.7. The summed E-state index contributed by atoms with van der Waals surface area (Å²) in [5.41, 5.74) is 2.66. The number of carbonyl (C=O) groups excluding carboxylic acids is 1. The van der Waals surface area contributed by atoms with Crippen LogP contribution in [-0.2, 0) is 17.8 Å². The molecule has 0 aromatic heterocycles. The summed E-state index contributed by atoms with van der Waals surface area (Å²) in [5.74, 6) is 1.06. The number of amides is 1. The Kier molecular flexibility index (Phi) is 4.06. The van der Waals surface area contributed by atoms with Crippen LogP contribution in [0.1, 0.15) is 37.3 Å². The molecule has 1 saturated heterocycles. The van der Waals surface area contributed by atoms with Crippen LogP contribution in [0.5, 0.6) is 0 Å². The van der Waals surface area contributed by atoms with Crippen molar-refractivity contribution in [2.45, 2.75) is 45.2 Å². The summed E-state index contributed by atoms with van der Waals surface area (Å²) in [6.45, 7) is 4.97. The van der Waals surface area contributed by atoms with Gasteiger partial charge in [0.15, 0.2) is 0 Å². The van der Waals surface area contributed by atoms with Crippen molar-refractivity contribution >= 4 is 5.91 Å².